The first-order valence-electron chi connectivity index (χ1n) is 8.73. The monoisotopic (exact) mass is 432 g/mol. The van der Waals surface area contributed by atoms with Crippen molar-refractivity contribution in [3.8, 4) is 0 Å². The van der Waals surface area contributed by atoms with Gasteiger partial charge in [-0.1, -0.05) is 34.6 Å². The van der Waals surface area contributed by atoms with E-state index in [4.69, 9.17) is 9.16 Å². The van der Waals surface area contributed by atoms with Crippen LogP contribution in [0.3, 0.4) is 0 Å². The van der Waals surface area contributed by atoms with Crippen molar-refractivity contribution >= 4 is 24.2 Å². The molecule has 0 amide bonds. The second kappa shape index (κ2) is 7.13. The minimum Gasteiger partial charge on any atom is -0.409 e. The Morgan fingerprint density at radius 2 is 1.96 bits per heavy atom. The van der Waals surface area contributed by atoms with Crippen LogP contribution in [-0.4, -0.2) is 30.1 Å². The SMILES string of the molecule is CC[C@H]1O[C@@H](n2cc(Br)c(=O)[nH]c2=O)C(O[Si](C)(C)C(C)(C)C)[C@H]1C. The highest BCUT2D eigenvalue weighted by Gasteiger charge is 2.48. The zero-order chi connectivity index (χ0) is 19.2. The zero-order valence-electron chi connectivity index (χ0n) is 16.1. The molecule has 1 fully saturated rings. The Balaban J connectivity index is 2.46. The van der Waals surface area contributed by atoms with Gasteiger partial charge in [-0.2, -0.15) is 0 Å². The van der Waals surface area contributed by atoms with Gasteiger partial charge in [-0.15, -0.1) is 0 Å². The molecule has 25 heavy (non-hydrogen) atoms. The summed E-state index contributed by atoms with van der Waals surface area (Å²) in [6.07, 6.45) is 1.57. The Morgan fingerprint density at radius 1 is 1.36 bits per heavy atom. The molecule has 1 aromatic heterocycles. The van der Waals surface area contributed by atoms with E-state index in [2.05, 4.69) is 68.6 Å². The summed E-state index contributed by atoms with van der Waals surface area (Å²) in [5.41, 5.74) is -0.924. The molecule has 1 aliphatic heterocycles. The molecule has 142 valence electrons. The lowest BCUT2D eigenvalue weighted by Gasteiger charge is -2.40. The Labute approximate surface area is 158 Å². The number of hydrogen-bond acceptors (Lipinski definition) is 4. The van der Waals surface area contributed by atoms with Gasteiger partial charge in [-0.3, -0.25) is 14.3 Å². The molecule has 1 N–H and O–H groups in total. The number of aromatic nitrogens is 2. The number of ether oxygens (including phenoxy) is 1. The average Bonchev–Trinajstić information content (AvgIpc) is 2.78. The maximum atomic E-state index is 12.4. The number of nitrogens with one attached hydrogen (secondary N) is 1. The number of rotatable bonds is 4. The molecule has 6 nitrogen and oxygen atoms in total. The zero-order valence-corrected chi connectivity index (χ0v) is 18.6. The second-order valence-corrected chi connectivity index (χ2v) is 13.9. The normalized spacial score (nSPS) is 27.7. The summed E-state index contributed by atoms with van der Waals surface area (Å²) in [7, 11) is -2.05. The van der Waals surface area contributed by atoms with Gasteiger partial charge in [-0.25, -0.2) is 4.79 Å². The summed E-state index contributed by atoms with van der Waals surface area (Å²) in [6, 6.07) is 0. The van der Waals surface area contributed by atoms with Crippen LogP contribution in [-0.2, 0) is 9.16 Å². The quantitative estimate of drug-likeness (QED) is 0.736. The number of aromatic amines is 1. The Morgan fingerprint density at radius 3 is 2.48 bits per heavy atom. The molecule has 2 heterocycles. The lowest BCUT2D eigenvalue weighted by atomic mass is 9.99. The molecular weight excluding hydrogens is 404 g/mol. The smallest absolute Gasteiger partial charge is 0.330 e. The van der Waals surface area contributed by atoms with Crippen LogP contribution >= 0.6 is 15.9 Å². The fraction of sp³-hybridized carbons (Fsp3) is 0.765. The van der Waals surface area contributed by atoms with Crippen molar-refractivity contribution in [2.75, 3.05) is 0 Å². The van der Waals surface area contributed by atoms with Crippen LogP contribution in [0.2, 0.25) is 18.1 Å². The van der Waals surface area contributed by atoms with E-state index in [-0.39, 0.29) is 23.2 Å². The van der Waals surface area contributed by atoms with Crippen LogP contribution in [0, 0.1) is 5.92 Å². The third kappa shape index (κ3) is 4.02. The third-order valence-corrected chi connectivity index (χ3v) is 10.6. The Kier molecular flexibility index (Phi) is 5.88. The van der Waals surface area contributed by atoms with Crippen molar-refractivity contribution < 1.29 is 9.16 Å². The predicted molar refractivity (Wildman–Crippen MR) is 104 cm³/mol. The highest BCUT2D eigenvalue weighted by atomic mass is 79.9. The Bertz CT molecular complexity index is 737. The topological polar surface area (TPSA) is 73.3 Å². The van der Waals surface area contributed by atoms with E-state index in [1.54, 1.807) is 0 Å². The van der Waals surface area contributed by atoms with Crippen molar-refractivity contribution in [3.63, 3.8) is 0 Å². The van der Waals surface area contributed by atoms with Crippen molar-refractivity contribution in [3.05, 3.63) is 31.5 Å². The molecule has 1 unspecified atom stereocenters. The molecular formula is C17H29BrN2O4Si. The molecule has 1 aliphatic rings. The number of H-pyrrole nitrogens is 1. The van der Waals surface area contributed by atoms with Gasteiger partial charge < -0.3 is 9.16 Å². The molecule has 8 heteroatoms. The van der Waals surface area contributed by atoms with Gasteiger partial charge in [-0.05, 0) is 40.5 Å². The molecule has 0 spiro atoms. The summed E-state index contributed by atoms with van der Waals surface area (Å²) < 4.78 is 14.6. The number of hydrogen-bond donors (Lipinski definition) is 1. The molecule has 0 saturated carbocycles. The van der Waals surface area contributed by atoms with Crippen LogP contribution in [0.1, 0.15) is 47.3 Å². The summed E-state index contributed by atoms with van der Waals surface area (Å²) in [4.78, 5) is 26.3. The maximum Gasteiger partial charge on any atom is 0.330 e. The first kappa shape index (κ1) is 20.6. The highest BCUT2D eigenvalue weighted by Crippen LogP contribution is 2.43. The summed E-state index contributed by atoms with van der Waals surface area (Å²) in [5, 5.41) is 0.0537. The van der Waals surface area contributed by atoms with E-state index in [1.807, 2.05) is 0 Å². The third-order valence-electron chi connectivity index (χ3n) is 5.54. The number of nitrogens with zero attached hydrogens (tertiary/aromatic N) is 1. The van der Waals surface area contributed by atoms with Crippen LogP contribution in [0.15, 0.2) is 20.3 Å². The molecule has 0 bridgehead atoms. The average molecular weight is 433 g/mol. The van der Waals surface area contributed by atoms with Crippen LogP contribution < -0.4 is 11.2 Å². The maximum absolute atomic E-state index is 12.4. The van der Waals surface area contributed by atoms with Gasteiger partial charge in [0, 0.05) is 12.1 Å². The Hall–Kier alpha value is -0.703. The van der Waals surface area contributed by atoms with Crippen LogP contribution in [0.4, 0.5) is 0 Å². The van der Waals surface area contributed by atoms with E-state index in [1.165, 1.54) is 10.8 Å². The van der Waals surface area contributed by atoms with Gasteiger partial charge in [0.1, 0.15) is 0 Å². The molecule has 0 radical (unpaired) electrons. The van der Waals surface area contributed by atoms with E-state index in [9.17, 15) is 9.59 Å². The lowest BCUT2D eigenvalue weighted by Crippen LogP contribution is -2.48. The fourth-order valence-electron chi connectivity index (χ4n) is 2.88. The summed E-state index contributed by atoms with van der Waals surface area (Å²) >= 11 is 3.20. The van der Waals surface area contributed by atoms with E-state index in [0.717, 1.165) is 6.42 Å². The summed E-state index contributed by atoms with van der Waals surface area (Å²) in [6.45, 7) is 15.1. The van der Waals surface area contributed by atoms with E-state index in [0.29, 0.717) is 4.47 Å². The van der Waals surface area contributed by atoms with Crippen molar-refractivity contribution in [1.82, 2.24) is 9.55 Å². The molecule has 1 saturated heterocycles. The first-order chi connectivity index (χ1) is 11.4. The highest BCUT2D eigenvalue weighted by molar-refractivity contribution is 9.10. The molecule has 2 rings (SSSR count). The lowest BCUT2D eigenvalue weighted by molar-refractivity contribution is -0.0372. The fourth-order valence-corrected chi connectivity index (χ4v) is 4.56. The summed E-state index contributed by atoms with van der Waals surface area (Å²) in [5.74, 6) is 0.154. The van der Waals surface area contributed by atoms with Gasteiger partial charge >= 0.3 is 5.69 Å². The van der Waals surface area contributed by atoms with Crippen LogP contribution in [0.5, 0.6) is 0 Å². The van der Waals surface area contributed by atoms with Crippen molar-refractivity contribution in [2.24, 2.45) is 5.92 Å². The molecule has 0 aromatic carbocycles. The van der Waals surface area contributed by atoms with Gasteiger partial charge in [0.05, 0.1) is 16.7 Å². The minimum atomic E-state index is -2.05. The van der Waals surface area contributed by atoms with Crippen molar-refractivity contribution in [1.29, 1.82) is 0 Å². The molecule has 1 aromatic rings. The molecule has 4 atom stereocenters. The number of halogens is 1. The second-order valence-electron chi connectivity index (χ2n) is 8.32. The predicted octanol–water partition coefficient (Wildman–Crippen LogP) is 3.63. The molecule has 0 aliphatic carbocycles. The first-order valence-corrected chi connectivity index (χ1v) is 12.4. The van der Waals surface area contributed by atoms with E-state index < -0.39 is 25.8 Å². The van der Waals surface area contributed by atoms with Gasteiger partial charge in [0.25, 0.3) is 5.56 Å². The van der Waals surface area contributed by atoms with Gasteiger partial charge in [0.2, 0.25) is 0 Å². The standard InChI is InChI=1S/C17H29BrN2O4Si/c1-8-12-10(2)13(24-25(6,7)17(3,4)5)15(23-12)20-9-11(18)14(21)19-16(20)22/h9-10,12-13,15H,8H2,1-7H3,(H,19,21,22)/t10-,12+,13?,15+/m0/s1. The largest absolute Gasteiger partial charge is 0.409 e. The van der Waals surface area contributed by atoms with E-state index >= 15 is 0 Å². The van der Waals surface area contributed by atoms with Gasteiger partial charge in [0.15, 0.2) is 14.5 Å². The van der Waals surface area contributed by atoms with Crippen LogP contribution in [0.25, 0.3) is 0 Å². The minimum absolute atomic E-state index is 0.0115. The van der Waals surface area contributed by atoms with Crippen molar-refractivity contribution in [2.45, 2.75) is 77.6 Å².